The number of nitrogens with one attached hydrogen (secondary N) is 1. The van der Waals surface area contributed by atoms with E-state index in [2.05, 4.69) is 17.3 Å². The van der Waals surface area contributed by atoms with Gasteiger partial charge in [-0.05, 0) is 67.4 Å². The number of hydrogen-bond acceptors (Lipinski definition) is 2. The Morgan fingerprint density at radius 2 is 1.79 bits per heavy atom. The van der Waals surface area contributed by atoms with Gasteiger partial charge in [-0.15, -0.1) is 0 Å². The minimum Gasteiger partial charge on any atom is -0.322 e. The van der Waals surface area contributed by atoms with Crippen LogP contribution in [0.25, 0.3) is 11.5 Å². The summed E-state index contributed by atoms with van der Waals surface area (Å²) in [6, 6.07) is 17.6. The van der Waals surface area contributed by atoms with Crippen LogP contribution in [0.3, 0.4) is 0 Å². The fourth-order valence-electron chi connectivity index (χ4n) is 3.32. The number of benzene rings is 2. The Labute approximate surface area is 168 Å². The second kappa shape index (κ2) is 7.75. The standard InChI is InChI=1S/C23H21FN4O/c1-3-17-7-6-8-19(15-17)25-22(29)21-16(2)26-28(20-11-9-18(24)10-12-20)23(21)27-13-4-5-14-27/h4-15H,3H2,1-2H3,(H,25,29). The van der Waals surface area contributed by atoms with E-state index in [0.717, 1.165) is 17.7 Å². The van der Waals surface area contributed by atoms with E-state index in [1.807, 2.05) is 53.4 Å². The summed E-state index contributed by atoms with van der Waals surface area (Å²) in [5.41, 5.74) is 3.61. The predicted octanol–water partition coefficient (Wildman–Crippen LogP) is 4.93. The Bertz CT molecular complexity index is 1140. The van der Waals surface area contributed by atoms with E-state index >= 15 is 0 Å². The highest BCUT2D eigenvalue weighted by Gasteiger charge is 2.24. The fourth-order valence-corrected chi connectivity index (χ4v) is 3.32. The van der Waals surface area contributed by atoms with Crippen molar-refractivity contribution in [1.82, 2.24) is 14.3 Å². The lowest BCUT2D eigenvalue weighted by atomic mass is 10.1. The summed E-state index contributed by atoms with van der Waals surface area (Å²) in [4.78, 5) is 13.2. The summed E-state index contributed by atoms with van der Waals surface area (Å²) < 4.78 is 16.9. The molecular weight excluding hydrogens is 367 g/mol. The number of aromatic nitrogens is 3. The summed E-state index contributed by atoms with van der Waals surface area (Å²) in [5.74, 6) is 0.0324. The van der Waals surface area contributed by atoms with Gasteiger partial charge in [0.2, 0.25) is 0 Å². The molecule has 0 unspecified atom stereocenters. The smallest absolute Gasteiger partial charge is 0.261 e. The van der Waals surface area contributed by atoms with Crippen molar-refractivity contribution in [2.75, 3.05) is 5.32 Å². The minimum atomic E-state index is -0.325. The SMILES string of the molecule is CCc1cccc(NC(=O)c2c(C)nn(-c3ccc(F)cc3)c2-n2cccc2)c1. The summed E-state index contributed by atoms with van der Waals surface area (Å²) >= 11 is 0. The molecule has 6 heteroatoms. The fraction of sp³-hybridized carbons (Fsp3) is 0.130. The number of nitrogens with zero attached hydrogens (tertiary/aromatic N) is 3. The van der Waals surface area contributed by atoms with Gasteiger partial charge in [-0.3, -0.25) is 4.79 Å². The molecule has 2 aromatic carbocycles. The van der Waals surface area contributed by atoms with E-state index in [1.54, 1.807) is 23.7 Å². The largest absolute Gasteiger partial charge is 0.322 e. The van der Waals surface area contributed by atoms with Gasteiger partial charge >= 0.3 is 0 Å². The van der Waals surface area contributed by atoms with Crippen LogP contribution in [0.4, 0.5) is 10.1 Å². The highest BCUT2D eigenvalue weighted by molar-refractivity contribution is 6.07. The lowest BCUT2D eigenvalue weighted by Crippen LogP contribution is -2.16. The topological polar surface area (TPSA) is 51.9 Å². The number of hydrogen-bond donors (Lipinski definition) is 1. The van der Waals surface area contributed by atoms with Crippen LogP contribution >= 0.6 is 0 Å². The Morgan fingerprint density at radius 1 is 1.07 bits per heavy atom. The second-order valence-electron chi connectivity index (χ2n) is 6.77. The van der Waals surface area contributed by atoms with E-state index in [9.17, 15) is 9.18 Å². The second-order valence-corrected chi connectivity index (χ2v) is 6.77. The van der Waals surface area contributed by atoms with Crippen molar-refractivity contribution in [1.29, 1.82) is 0 Å². The maximum atomic E-state index is 13.4. The molecule has 4 rings (SSSR count). The summed E-state index contributed by atoms with van der Waals surface area (Å²) in [6.07, 6.45) is 4.59. The molecule has 0 saturated heterocycles. The number of aryl methyl sites for hydroxylation is 2. The van der Waals surface area contributed by atoms with Crippen molar-refractivity contribution in [3.63, 3.8) is 0 Å². The lowest BCUT2D eigenvalue weighted by molar-refractivity contribution is 0.102. The Hall–Kier alpha value is -3.67. The molecule has 0 aliphatic heterocycles. The molecule has 0 atom stereocenters. The van der Waals surface area contributed by atoms with Gasteiger partial charge in [0.25, 0.3) is 5.91 Å². The van der Waals surface area contributed by atoms with Crippen LogP contribution in [0, 0.1) is 12.7 Å². The zero-order valence-electron chi connectivity index (χ0n) is 16.3. The van der Waals surface area contributed by atoms with Gasteiger partial charge in [0, 0.05) is 18.1 Å². The molecule has 0 spiro atoms. The highest BCUT2D eigenvalue weighted by atomic mass is 19.1. The van der Waals surface area contributed by atoms with Crippen LogP contribution in [-0.4, -0.2) is 20.3 Å². The number of amides is 1. The molecule has 0 saturated carbocycles. The molecule has 0 aliphatic rings. The average Bonchev–Trinajstić information content (AvgIpc) is 3.36. The van der Waals surface area contributed by atoms with Gasteiger partial charge < -0.3 is 9.88 Å². The molecule has 1 N–H and O–H groups in total. The summed E-state index contributed by atoms with van der Waals surface area (Å²) in [5, 5.41) is 7.56. The molecule has 0 bridgehead atoms. The molecule has 29 heavy (non-hydrogen) atoms. The molecule has 2 aromatic heterocycles. The third-order valence-corrected chi connectivity index (χ3v) is 4.78. The van der Waals surface area contributed by atoms with Gasteiger partial charge in [-0.25, -0.2) is 9.07 Å². The first-order valence-electron chi connectivity index (χ1n) is 9.46. The molecule has 2 heterocycles. The molecule has 0 aliphatic carbocycles. The van der Waals surface area contributed by atoms with Gasteiger partial charge in [-0.2, -0.15) is 5.10 Å². The van der Waals surface area contributed by atoms with Crippen LogP contribution in [-0.2, 0) is 6.42 Å². The highest BCUT2D eigenvalue weighted by Crippen LogP contribution is 2.24. The average molecular weight is 388 g/mol. The van der Waals surface area contributed by atoms with E-state index in [4.69, 9.17) is 0 Å². The van der Waals surface area contributed by atoms with Crippen molar-refractivity contribution in [2.24, 2.45) is 0 Å². The monoisotopic (exact) mass is 388 g/mol. The summed E-state index contributed by atoms with van der Waals surface area (Å²) in [6.45, 7) is 3.87. The van der Waals surface area contributed by atoms with Crippen molar-refractivity contribution < 1.29 is 9.18 Å². The van der Waals surface area contributed by atoms with Crippen LogP contribution in [0.5, 0.6) is 0 Å². The normalized spacial score (nSPS) is 10.9. The molecule has 0 fully saturated rings. The molecular formula is C23H21FN4O. The van der Waals surface area contributed by atoms with E-state index in [0.29, 0.717) is 22.8 Å². The number of carbonyl (C=O) groups excluding carboxylic acids is 1. The first-order chi connectivity index (χ1) is 14.1. The first-order valence-corrected chi connectivity index (χ1v) is 9.46. The van der Waals surface area contributed by atoms with Crippen LogP contribution in [0.1, 0.15) is 28.5 Å². The maximum Gasteiger partial charge on any atom is 0.261 e. The molecule has 4 aromatic rings. The van der Waals surface area contributed by atoms with Gasteiger partial charge in [0.05, 0.1) is 11.4 Å². The molecule has 146 valence electrons. The van der Waals surface area contributed by atoms with Crippen molar-refractivity contribution >= 4 is 11.6 Å². The third-order valence-electron chi connectivity index (χ3n) is 4.78. The van der Waals surface area contributed by atoms with E-state index in [-0.39, 0.29) is 11.7 Å². The lowest BCUT2D eigenvalue weighted by Gasteiger charge is -2.12. The zero-order chi connectivity index (χ0) is 20.4. The van der Waals surface area contributed by atoms with Crippen LogP contribution < -0.4 is 5.32 Å². The first kappa shape index (κ1) is 18.7. The Morgan fingerprint density at radius 3 is 2.48 bits per heavy atom. The third kappa shape index (κ3) is 3.69. The number of carbonyl (C=O) groups is 1. The van der Waals surface area contributed by atoms with Crippen molar-refractivity contribution in [2.45, 2.75) is 20.3 Å². The van der Waals surface area contributed by atoms with Gasteiger partial charge in [-0.1, -0.05) is 19.1 Å². The van der Waals surface area contributed by atoms with Gasteiger partial charge in [0.1, 0.15) is 11.4 Å². The van der Waals surface area contributed by atoms with Gasteiger partial charge in [0.15, 0.2) is 5.82 Å². The molecule has 0 radical (unpaired) electrons. The molecule has 1 amide bonds. The number of anilines is 1. The van der Waals surface area contributed by atoms with Crippen molar-refractivity contribution in [3.05, 3.63) is 95.7 Å². The molecule has 5 nitrogen and oxygen atoms in total. The van der Waals surface area contributed by atoms with E-state index in [1.165, 1.54) is 12.1 Å². The predicted molar refractivity (Wildman–Crippen MR) is 111 cm³/mol. The van der Waals surface area contributed by atoms with Crippen LogP contribution in [0.2, 0.25) is 0 Å². The minimum absolute atomic E-state index is 0.243. The zero-order valence-corrected chi connectivity index (χ0v) is 16.3. The quantitative estimate of drug-likeness (QED) is 0.527. The maximum absolute atomic E-state index is 13.4. The summed E-state index contributed by atoms with van der Waals surface area (Å²) in [7, 11) is 0. The Balaban J connectivity index is 1.80. The Kier molecular flexibility index (Phi) is 4.99. The number of halogens is 1. The van der Waals surface area contributed by atoms with Crippen molar-refractivity contribution in [3.8, 4) is 11.5 Å². The van der Waals surface area contributed by atoms with Crippen LogP contribution in [0.15, 0.2) is 73.1 Å². The van der Waals surface area contributed by atoms with E-state index < -0.39 is 0 Å². The number of rotatable bonds is 5.